The van der Waals surface area contributed by atoms with Gasteiger partial charge in [0.05, 0.1) is 16.4 Å². The number of hydrogen-bond donors (Lipinski definition) is 0. The van der Waals surface area contributed by atoms with Gasteiger partial charge in [0.1, 0.15) is 5.75 Å². The van der Waals surface area contributed by atoms with Gasteiger partial charge in [0.2, 0.25) is 0 Å². The van der Waals surface area contributed by atoms with Crippen LogP contribution in [0.25, 0.3) is 0 Å². The second-order valence-corrected chi connectivity index (χ2v) is 6.22. The van der Waals surface area contributed by atoms with Crippen LogP contribution in [0.5, 0.6) is 5.75 Å². The molecule has 0 spiro atoms. The van der Waals surface area contributed by atoms with Gasteiger partial charge in [-0.25, -0.2) is 8.78 Å². The predicted molar refractivity (Wildman–Crippen MR) is 82.8 cm³/mol. The fraction of sp³-hybridized carbons (Fsp3) is 0.143. The van der Waals surface area contributed by atoms with Crippen LogP contribution in [0.15, 0.2) is 34.8 Å². The lowest BCUT2D eigenvalue weighted by atomic mass is 10.0. The fourth-order valence-corrected chi connectivity index (χ4v) is 3.56. The van der Waals surface area contributed by atoms with Crippen LogP contribution in [0.2, 0.25) is 5.02 Å². The molecule has 2 rings (SSSR count). The van der Waals surface area contributed by atoms with Gasteiger partial charge in [-0.3, -0.25) is 0 Å². The van der Waals surface area contributed by atoms with E-state index >= 15 is 0 Å². The van der Waals surface area contributed by atoms with Gasteiger partial charge in [0, 0.05) is 16.1 Å². The third-order valence-electron chi connectivity index (χ3n) is 2.77. The molecule has 0 amide bonds. The Balaban J connectivity index is 2.58. The topological polar surface area (TPSA) is 9.23 Å². The van der Waals surface area contributed by atoms with Crippen molar-refractivity contribution in [2.24, 2.45) is 0 Å². The Morgan fingerprint density at radius 1 is 1.20 bits per heavy atom. The summed E-state index contributed by atoms with van der Waals surface area (Å²) in [7, 11) is 1.50. The summed E-state index contributed by atoms with van der Waals surface area (Å²) in [6.45, 7) is 0. The molecule has 0 aliphatic rings. The van der Waals surface area contributed by atoms with Crippen LogP contribution in [0.3, 0.4) is 0 Å². The van der Waals surface area contributed by atoms with Crippen LogP contribution in [0, 0.1) is 11.6 Å². The number of halogens is 5. The second-order valence-electron chi connectivity index (χ2n) is 4.02. The van der Waals surface area contributed by atoms with Crippen molar-refractivity contribution in [1.82, 2.24) is 0 Å². The maximum atomic E-state index is 13.9. The van der Waals surface area contributed by atoms with Crippen molar-refractivity contribution in [3.63, 3.8) is 0 Å². The largest absolute Gasteiger partial charge is 0.495 e. The van der Waals surface area contributed by atoms with E-state index in [4.69, 9.17) is 16.3 Å². The van der Waals surface area contributed by atoms with E-state index in [1.165, 1.54) is 19.2 Å². The molecular weight excluding hydrogens is 417 g/mol. The molecule has 0 heterocycles. The Kier molecular flexibility index (Phi) is 5.04. The lowest BCUT2D eigenvalue weighted by Gasteiger charge is -2.17. The first-order valence-electron chi connectivity index (χ1n) is 5.56. The third kappa shape index (κ3) is 3.00. The molecule has 0 saturated carbocycles. The highest BCUT2D eigenvalue weighted by Crippen LogP contribution is 2.42. The number of alkyl halides is 1. The molecule has 1 nitrogen and oxygen atoms in total. The Bertz CT molecular complexity index is 649. The van der Waals surface area contributed by atoms with Crippen molar-refractivity contribution < 1.29 is 13.5 Å². The molecule has 0 fully saturated rings. The van der Waals surface area contributed by atoms with E-state index in [1.807, 2.05) is 0 Å². The van der Waals surface area contributed by atoms with Gasteiger partial charge in [-0.1, -0.05) is 39.7 Å². The molecule has 0 aliphatic heterocycles. The molecule has 106 valence electrons. The standard InChI is InChI=1S/C14H9Br2ClF2O/c1-20-14-9(5-7(17)6-10(14)15)12(16)8-3-2-4-11(18)13(8)19/h2-6,12H,1H3. The lowest BCUT2D eigenvalue weighted by molar-refractivity contribution is 0.407. The van der Waals surface area contributed by atoms with Crippen molar-refractivity contribution in [3.05, 3.63) is 62.6 Å². The smallest absolute Gasteiger partial charge is 0.163 e. The van der Waals surface area contributed by atoms with Gasteiger partial charge in [-0.2, -0.15) is 0 Å². The van der Waals surface area contributed by atoms with E-state index in [2.05, 4.69) is 31.9 Å². The molecule has 0 N–H and O–H groups in total. The van der Waals surface area contributed by atoms with Crippen molar-refractivity contribution in [3.8, 4) is 5.75 Å². The molecule has 0 saturated heterocycles. The molecule has 0 bridgehead atoms. The zero-order chi connectivity index (χ0) is 14.9. The first-order valence-corrected chi connectivity index (χ1v) is 7.65. The van der Waals surface area contributed by atoms with Crippen LogP contribution in [-0.4, -0.2) is 7.11 Å². The van der Waals surface area contributed by atoms with Crippen molar-refractivity contribution >= 4 is 43.5 Å². The average molecular weight is 426 g/mol. The van der Waals surface area contributed by atoms with E-state index in [0.717, 1.165) is 6.07 Å². The summed E-state index contributed by atoms with van der Waals surface area (Å²) in [5.41, 5.74) is 0.786. The molecule has 0 aliphatic carbocycles. The first-order chi connectivity index (χ1) is 9.45. The maximum absolute atomic E-state index is 13.9. The molecule has 1 atom stereocenters. The maximum Gasteiger partial charge on any atom is 0.163 e. The van der Waals surface area contributed by atoms with Crippen LogP contribution in [0.4, 0.5) is 8.78 Å². The summed E-state index contributed by atoms with van der Waals surface area (Å²) in [5, 5.41) is 0.467. The number of benzene rings is 2. The number of methoxy groups -OCH3 is 1. The molecular formula is C14H9Br2ClF2O. The monoisotopic (exact) mass is 424 g/mol. The minimum atomic E-state index is -0.896. The van der Waals surface area contributed by atoms with Gasteiger partial charge in [0.25, 0.3) is 0 Å². The fourth-order valence-electron chi connectivity index (χ4n) is 1.87. The van der Waals surface area contributed by atoms with Gasteiger partial charge >= 0.3 is 0 Å². The van der Waals surface area contributed by atoms with Crippen molar-refractivity contribution in [2.75, 3.05) is 7.11 Å². The lowest BCUT2D eigenvalue weighted by Crippen LogP contribution is -2.02. The molecule has 0 radical (unpaired) electrons. The van der Waals surface area contributed by atoms with Crippen molar-refractivity contribution in [1.29, 1.82) is 0 Å². The quantitative estimate of drug-likeness (QED) is 0.558. The zero-order valence-electron chi connectivity index (χ0n) is 10.3. The van der Waals surface area contributed by atoms with Crippen molar-refractivity contribution in [2.45, 2.75) is 4.83 Å². The average Bonchev–Trinajstić information content (AvgIpc) is 2.40. The third-order valence-corrected chi connectivity index (χ3v) is 4.56. The summed E-state index contributed by atoms with van der Waals surface area (Å²) in [6, 6.07) is 7.35. The number of ether oxygens (including phenoxy) is 1. The van der Waals surface area contributed by atoms with E-state index in [9.17, 15) is 8.78 Å². The summed E-state index contributed by atoms with van der Waals surface area (Å²) in [4.78, 5) is -0.580. The van der Waals surface area contributed by atoms with E-state index in [-0.39, 0.29) is 5.56 Å². The highest BCUT2D eigenvalue weighted by molar-refractivity contribution is 9.10. The second kappa shape index (κ2) is 6.41. The summed E-state index contributed by atoms with van der Waals surface area (Å²) < 4.78 is 33.2. The minimum absolute atomic E-state index is 0.178. The molecule has 2 aromatic rings. The van der Waals surface area contributed by atoms with Gasteiger partial charge in [0.15, 0.2) is 11.6 Å². The van der Waals surface area contributed by atoms with Crippen LogP contribution in [0.1, 0.15) is 16.0 Å². The molecule has 0 aromatic heterocycles. The predicted octanol–water partition coefficient (Wildman–Crippen LogP) is 5.87. The highest BCUT2D eigenvalue weighted by atomic mass is 79.9. The summed E-state index contributed by atoms with van der Waals surface area (Å²) in [6.07, 6.45) is 0. The zero-order valence-corrected chi connectivity index (χ0v) is 14.2. The molecule has 20 heavy (non-hydrogen) atoms. The van der Waals surface area contributed by atoms with Gasteiger partial charge in [-0.05, 0) is 34.1 Å². The van der Waals surface area contributed by atoms with E-state index in [0.29, 0.717) is 20.8 Å². The molecule has 6 heteroatoms. The van der Waals surface area contributed by atoms with Gasteiger partial charge in [-0.15, -0.1) is 0 Å². The molecule has 1 unspecified atom stereocenters. The Morgan fingerprint density at radius 3 is 2.55 bits per heavy atom. The summed E-state index contributed by atoms with van der Waals surface area (Å²) in [5.74, 6) is -1.28. The Hall–Kier alpha value is -0.650. The van der Waals surface area contributed by atoms with E-state index < -0.39 is 16.5 Å². The summed E-state index contributed by atoms with van der Waals surface area (Å²) >= 11 is 12.7. The van der Waals surface area contributed by atoms with Crippen LogP contribution >= 0.6 is 43.5 Å². The Labute approximate surface area is 137 Å². The van der Waals surface area contributed by atoms with Crippen LogP contribution < -0.4 is 4.74 Å². The van der Waals surface area contributed by atoms with Gasteiger partial charge < -0.3 is 4.74 Å². The van der Waals surface area contributed by atoms with E-state index in [1.54, 1.807) is 12.1 Å². The minimum Gasteiger partial charge on any atom is -0.495 e. The SMILES string of the molecule is COc1c(Br)cc(Cl)cc1C(Br)c1cccc(F)c1F. The normalized spacial score (nSPS) is 12.3. The van der Waals surface area contributed by atoms with Crippen LogP contribution in [-0.2, 0) is 0 Å². The Morgan fingerprint density at radius 2 is 1.90 bits per heavy atom. The highest BCUT2D eigenvalue weighted by Gasteiger charge is 2.22. The number of hydrogen-bond acceptors (Lipinski definition) is 1. The number of rotatable bonds is 3. The molecule has 2 aromatic carbocycles. The first kappa shape index (κ1) is 15.7.